The van der Waals surface area contributed by atoms with Crippen LogP contribution < -0.4 is 0 Å². The number of carbonyl (C=O) groups is 1. The van der Waals surface area contributed by atoms with E-state index in [0.717, 1.165) is 22.8 Å². The Morgan fingerprint density at radius 2 is 1.39 bits per heavy atom. The lowest BCUT2D eigenvalue weighted by Gasteiger charge is -2.14. The molecule has 0 aliphatic heterocycles. The van der Waals surface area contributed by atoms with E-state index >= 15 is 0 Å². The fourth-order valence-electron chi connectivity index (χ4n) is 2.61. The molecule has 0 aromatic heterocycles. The van der Waals surface area contributed by atoms with Crippen LogP contribution in [-0.4, -0.2) is 21.3 Å². The summed E-state index contributed by atoms with van der Waals surface area (Å²) in [6.45, 7) is 2.20. The molecule has 6 heteroatoms. The number of rotatable bonds is 10. The minimum atomic E-state index is -1.19. The quantitative estimate of drug-likeness (QED) is 0.200. The van der Waals surface area contributed by atoms with Crippen LogP contribution in [0, 0.1) is 7.14 Å². The zero-order valence-corrected chi connectivity index (χ0v) is 17.7. The van der Waals surface area contributed by atoms with E-state index in [1.165, 1.54) is 32.1 Å². The van der Waals surface area contributed by atoms with E-state index < -0.39 is 11.7 Å². The third-order valence-electron chi connectivity index (χ3n) is 3.92. The zero-order valence-electron chi connectivity index (χ0n) is 13.4. The molecule has 0 saturated carbocycles. The highest BCUT2D eigenvalue weighted by atomic mass is 127. The first-order chi connectivity index (χ1) is 10.9. The molecule has 0 amide bonds. The number of carboxylic acid groups (broad SMARTS) is 1. The van der Waals surface area contributed by atoms with Gasteiger partial charge in [-0.25, -0.2) is 4.79 Å². The maximum atomic E-state index is 11.4. The Balaban J connectivity index is 2.64. The van der Waals surface area contributed by atoms with Crippen LogP contribution >= 0.6 is 45.2 Å². The van der Waals surface area contributed by atoms with Gasteiger partial charge >= 0.3 is 5.97 Å². The molecule has 0 unspecified atom stereocenters. The van der Waals surface area contributed by atoms with Crippen molar-refractivity contribution in [2.75, 3.05) is 0 Å². The summed E-state index contributed by atoms with van der Waals surface area (Å²) in [5.41, 5.74) is 0.471. The second-order valence-corrected chi connectivity index (χ2v) is 7.87. The van der Waals surface area contributed by atoms with Crippen LogP contribution in [-0.2, 0) is 6.42 Å². The third kappa shape index (κ3) is 5.95. The van der Waals surface area contributed by atoms with Crippen LogP contribution in [0.1, 0.15) is 74.2 Å². The van der Waals surface area contributed by atoms with Gasteiger partial charge < -0.3 is 15.3 Å². The largest absolute Gasteiger partial charge is 0.504 e. The first-order valence-electron chi connectivity index (χ1n) is 8.06. The minimum Gasteiger partial charge on any atom is -0.504 e. The Bertz CT molecular complexity index is 544. The lowest BCUT2D eigenvalue weighted by atomic mass is 9.99. The van der Waals surface area contributed by atoms with Crippen molar-refractivity contribution in [1.82, 2.24) is 0 Å². The molecule has 0 fully saturated rings. The summed E-state index contributed by atoms with van der Waals surface area (Å²) in [5, 5.41) is 29.1. The maximum absolute atomic E-state index is 11.4. The number of carboxylic acids is 1. The van der Waals surface area contributed by atoms with Gasteiger partial charge in [0, 0.05) is 3.57 Å². The van der Waals surface area contributed by atoms with Crippen molar-refractivity contribution in [1.29, 1.82) is 0 Å². The Kier molecular flexibility index (Phi) is 9.57. The Morgan fingerprint density at radius 3 is 1.91 bits per heavy atom. The van der Waals surface area contributed by atoms with Crippen LogP contribution in [0.25, 0.3) is 0 Å². The number of phenols is 2. The van der Waals surface area contributed by atoms with Crippen LogP contribution in [0.15, 0.2) is 0 Å². The first kappa shape index (κ1) is 20.8. The Hall–Kier alpha value is -0.250. The number of aromatic hydroxyl groups is 2. The molecular weight excluding hydrogens is 522 g/mol. The van der Waals surface area contributed by atoms with E-state index in [2.05, 4.69) is 6.92 Å². The van der Waals surface area contributed by atoms with Crippen molar-refractivity contribution in [3.63, 3.8) is 0 Å². The lowest BCUT2D eigenvalue weighted by molar-refractivity contribution is 0.0691. The fraction of sp³-hybridized carbons (Fsp3) is 0.588. The zero-order chi connectivity index (χ0) is 17.4. The average molecular weight is 546 g/mol. The van der Waals surface area contributed by atoms with Gasteiger partial charge in [-0.3, -0.25) is 0 Å². The van der Waals surface area contributed by atoms with Gasteiger partial charge in [0.1, 0.15) is 5.56 Å². The number of unbranched alkanes of at least 4 members (excludes halogenated alkanes) is 7. The standard InChI is InChI=1S/C17H24I2O4/c1-2-3-4-5-6-7-8-9-10-11-12(17(22)23)15(20)16(21)14(19)13(11)18/h20-21H,2-10H2,1H3,(H,22,23). The molecule has 4 nitrogen and oxygen atoms in total. The van der Waals surface area contributed by atoms with Crippen LogP contribution in [0.4, 0.5) is 0 Å². The number of halogens is 2. The van der Waals surface area contributed by atoms with E-state index in [-0.39, 0.29) is 11.3 Å². The summed E-state index contributed by atoms with van der Waals surface area (Å²) in [6, 6.07) is 0. The van der Waals surface area contributed by atoms with Crippen molar-refractivity contribution >= 4 is 51.2 Å². The molecule has 0 heterocycles. The predicted molar refractivity (Wildman–Crippen MR) is 108 cm³/mol. The summed E-state index contributed by atoms with van der Waals surface area (Å²) in [4.78, 5) is 11.4. The van der Waals surface area contributed by atoms with E-state index in [1.54, 1.807) is 0 Å². The van der Waals surface area contributed by atoms with Gasteiger partial charge in [0.2, 0.25) is 0 Å². The second-order valence-electron chi connectivity index (χ2n) is 5.71. The molecule has 1 aromatic carbocycles. The highest BCUT2D eigenvalue weighted by Crippen LogP contribution is 2.40. The van der Waals surface area contributed by atoms with Crippen molar-refractivity contribution in [2.45, 2.75) is 64.7 Å². The van der Waals surface area contributed by atoms with Gasteiger partial charge in [0.05, 0.1) is 3.57 Å². The maximum Gasteiger partial charge on any atom is 0.339 e. The highest BCUT2D eigenvalue weighted by molar-refractivity contribution is 14.1. The second kappa shape index (κ2) is 10.6. The molecule has 3 N–H and O–H groups in total. The van der Waals surface area contributed by atoms with Crippen molar-refractivity contribution in [3.8, 4) is 11.5 Å². The summed E-state index contributed by atoms with van der Waals surface area (Å²) in [6.07, 6.45) is 10.0. The third-order valence-corrected chi connectivity index (χ3v) is 7.20. The highest BCUT2D eigenvalue weighted by Gasteiger charge is 2.24. The van der Waals surface area contributed by atoms with Crippen LogP contribution in [0.3, 0.4) is 0 Å². The molecule has 0 aliphatic carbocycles. The van der Waals surface area contributed by atoms with Gasteiger partial charge in [-0.1, -0.05) is 51.9 Å². The molecule has 23 heavy (non-hydrogen) atoms. The smallest absolute Gasteiger partial charge is 0.339 e. The predicted octanol–water partition coefficient (Wildman–Crippen LogP) is 5.69. The topological polar surface area (TPSA) is 77.8 Å². The van der Waals surface area contributed by atoms with E-state index in [0.29, 0.717) is 15.6 Å². The van der Waals surface area contributed by atoms with Crippen molar-refractivity contribution in [3.05, 3.63) is 18.3 Å². The SMILES string of the molecule is CCCCCCCCCCc1c(I)c(I)c(O)c(O)c1C(=O)O. The number of phenolic OH excluding ortho intramolecular Hbond substituents is 1. The average Bonchev–Trinajstić information content (AvgIpc) is 2.52. The minimum absolute atomic E-state index is 0.157. The molecule has 0 saturated heterocycles. The summed E-state index contributed by atoms with van der Waals surface area (Å²) >= 11 is 3.98. The molecule has 1 aromatic rings. The number of hydrogen-bond acceptors (Lipinski definition) is 3. The van der Waals surface area contributed by atoms with Crippen molar-refractivity contribution < 1.29 is 20.1 Å². The van der Waals surface area contributed by atoms with E-state index in [1.807, 2.05) is 45.2 Å². The molecule has 0 atom stereocenters. The Morgan fingerprint density at radius 1 is 0.870 bits per heavy atom. The summed E-state index contributed by atoms with van der Waals surface area (Å²) in [5.74, 6) is -2.05. The van der Waals surface area contributed by atoms with Crippen molar-refractivity contribution in [2.24, 2.45) is 0 Å². The van der Waals surface area contributed by atoms with Gasteiger partial charge in [-0.15, -0.1) is 0 Å². The van der Waals surface area contributed by atoms with Gasteiger partial charge in [-0.2, -0.15) is 0 Å². The number of aromatic carboxylic acids is 1. The monoisotopic (exact) mass is 546 g/mol. The number of benzene rings is 1. The number of hydrogen-bond donors (Lipinski definition) is 3. The van der Waals surface area contributed by atoms with E-state index in [4.69, 9.17) is 0 Å². The van der Waals surface area contributed by atoms with Gasteiger partial charge in [0.25, 0.3) is 0 Å². The molecule has 0 spiro atoms. The first-order valence-corrected chi connectivity index (χ1v) is 10.2. The Labute approximate surface area is 165 Å². The van der Waals surface area contributed by atoms with E-state index in [9.17, 15) is 20.1 Å². The molecule has 0 bridgehead atoms. The molecule has 1 rings (SSSR count). The summed E-state index contributed by atoms with van der Waals surface area (Å²) < 4.78 is 1.24. The van der Waals surface area contributed by atoms with Gasteiger partial charge in [0.15, 0.2) is 11.5 Å². The molecule has 0 radical (unpaired) electrons. The summed E-state index contributed by atoms with van der Waals surface area (Å²) in [7, 11) is 0. The van der Waals surface area contributed by atoms with Gasteiger partial charge in [-0.05, 0) is 63.6 Å². The lowest BCUT2D eigenvalue weighted by Crippen LogP contribution is -2.07. The van der Waals surface area contributed by atoms with Crippen LogP contribution in [0.2, 0.25) is 0 Å². The molecular formula is C17H24I2O4. The fourth-order valence-corrected chi connectivity index (χ4v) is 3.99. The molecule has 130 valence electrons. The van der Waals surface area contributed by atoms with Crippen LogP contribution in [0.5, 0.6) is 11.5 Å². The normalized spacial score (nSPS) is 10.9. The molecule has 0 aliphatic rings.